The summed E-state index contributed by atoms with van der Waals surface area (Å²) in [6.07, 6.45) is 0.579. The first kappa shape index (κ1) is 16.9. The molecule has 1 N–H and O–H groups in total. The van der Waals surface area contributed by atoms with E-state index in [2.05, 4.69) is 10.4 Å². The van der Waals surface area contributed by atoms with Crippen LogP contribution in [0.5, 0.6) is 0 Å². The van der Waals surface area contributed by atoms with E-state index in [1.807, 2.05) is 6.92 Å². The number of hydrogen-bond donors (Lipinski definition) is 1. The molecule has 0 saturated carbocycles. The molecule has 0 aromatic carbocycles. The van der Waals surface area contributed by atoms with E-state index in [1.165, 1.54) is 0 Å². The molecule has 0 bridgehead atoms. The van der Waals surface area contributed by atoms with Gasteiger partial charge in [0.1, 0.15) is 6.61 Å². The minimum atomic E-state index is -4.12. The first-order chi connectivity index (χ1) is 9.40. The number of hydrogen-bond acceptors (Lipinski definition) is 3. The third kappa shape index (κ3) is 4.75. The highest BCUT2D eigenvalue weighted by molar-refractivity contribution is 5.10. The molecule has 1 heterocycles. The van der Waals surface area contributed by atoms with Crippen LogP contribution in [-0.2, 0) is 11.3 Å². The number of nitrogens with one attached hydrogen (secondary N) is 1. The van der Waals surface area contributed by atoms with Crippen LogP contribution < -0.4 is 5.32 Å². The van der Waals surface area contributed by atoms with Gasteiger partial charge < -0.3 is 10.1 Å². The van der Waals surface area contributed by atoms with E-state index < -0.39 is 19.0 Å². The number of likely N-dealkylation sites (N-methyl/N-ethyl adjacent to an activating group) is 1. The smallest absolute Gasteiger partial charge is 0.330 e. The van der Waals surface area contributed by atoms with Crippen molar-refractivity contribution in [3.63, 3.8) is 0 Å². The van der Waals surface area contributed by atoms with Crippen molar-refractivity contribution in [1.82, 2.24) is 15.1 Å². The quantitative estimate of drug-likeness (QED) is 0.712. The molecule has 0 spiro atoms. The Morgan fingerprint density at radius 1 is 1.45 bits per heavy atom. The van der Waals surface area contributed by atoms with Gasteiger partial charge >= 0.3 is 12.3 Å². The monoisotopic (exact) mass is 297 g/mol. The van der Waals surface area contributed by atoms with Gasteiger partial charge in [-0.05, 0) is 13.5 Å². The molecule has 20 heavy (non-hydrogen) atoms. The van der Waals surface area contributed by atoms with E-state index >= 15 is 0 Å². The van der Waals surface area contributed by atoms with E-state index in [1.54, 1.807) is 24.1 Å². The van der Waals surface area contributed by atoms with E-state index in [9.17, 15) is 17.6 Å². The Morgan fingerprint density at radius 2 is 2.15 bits per heavy atom. The Kier molecular flexibility index (Phi) is 6.41. The number of aryl methyl sites for hydroxylation is 1. The molecule has 0 aliphatic carbocycles. The summed E-state index contributed by atoms with van der Waals surface area (Å²) in [7, 11) is 1.64. The number of rotatable bonds is 9. The van der Waals surface area contributed by atoms with Crippen molar-refractivity contribution >= 4 is 0 Å². The van der Waals surface area contributed by atoms with Gasteiger partial charge in [0.2, 0.25) is 0 Å². The maximum Gasteiger partial charge on any atom is 0.330 e. The molecule has 1 atom stereocenters. The summed E-state index contributed by atoms with van der Waals surface area (Å²) in [6.45, 7) is 1.33. The largest absolute Gasteiger partial charge is 0.373 e. The van der Waals surface area contributed by atoms with Crippen molar-refractivity contribution in [1.29, 1.82) is 0 Å². The number of ether oxygens (including phenoxy) is 1. The van der Waals surface area contributed by atoms with Crippen LogP contribution in [0.2, 0.25) is 0 Å². The third-order valence-corrected chi connectivity index (χ3v) is 2.76. The van der Waals surface area contributed by atoms with Crippen LogP contribution >= 0.6 is 0 Å². The molecule has 1 aromatic heterocycles. The third-order valence-electron chi connectivity index (χ3n) is 2.76. The number of alkyl halides is 4. The highest BCUT2D eigenvalue weighted by Crippen LogP contribution is 2.23. The first-order valence-corrected chi connectivity index (χ1v) is 6.34. The molecule has 116 valence electrons. The standard InChI is InChI=1S/C12H19F4N3O/c1-3-4-19-6-9(5-18-19)10(17-2)7-20-8-12(15,16)11(13)14/h5-6,10-11,17H,3-4,7-8H2,1-2H3. The molecule has 0 saturated heterocycles. The van der Waals surface area contributed by atoms with Crippen molar-refractivity contribution in [3.8, 4) is 0 Å². The summed E-state index contributed by atoms with van der Waals surface area (Å²) < 4.78 is 55.8. The zero-order chi connectivity index (χ0) is 15.2. The van der Waals surface area contributed by atoms with Gasteiger partial charge in [-0.1, -0.05) is 6.92 Å². The highest BCUT2D eigenvalue weighted by atomic mass is 19.3. The minimum Gasteiger partial charge on any atom is -0.373 e. The average molecular weight is 297 g/mol. The zero-order valence-corrected chi connectivity index (χ0v) is 11.5. The summed E-state index contributed by atoms with van der Waals surface area (Å²) >= 11 is 0. The van der Waals surface area contributed by atoms with Crippen LogP contribution in [0, 0.1) is 0 Å². The SMILES string of the molecule is CCCn1cc(C(COCC(F)(F)C(F)F)NC)cn1. The normalized spacial score (nSPS) is 13.9. The van der Waals surface area contributed by atoms with Crippen molar-refractivity contribution < 1.29 is 22.3 Å². The fourth-order valence-electron chi connectivity index (χ4n) is 1.63. The maximum atomic E-state index is 12.7. The van der Waals surface area contributed by atoms with Gasteiger partial charge in [0.05, 0.1) is 18.8 Å². The van der Waals surface area contributed by atoms with Gasteiger partial charge in [0.25, 0.3) is 0 Å². The second-order valence-electron chi connectivity index (χ2n) is 4.45. The molecular weight excluding hydrogens is 278 g/mol. The molecular formula is C12H19F4N3O. The van der Waals surface area contributed by atoms with Gasteiger partial charge in [-0.3, -0.25) is 4.68 Å². The van der Waals surface area contributed by atoms with Crippen molar-refractivity contribution in [2.24, 2.45) is 0 Å². The number of halogens is 4. The van der Waals surface area contributed by atoms with Crippen molar-refractivity contribution in [2.75, 3.05) is 20.3 Å². The van der Waals surface area contributed by atoms with Gasteiger partial charge in [-0.2, -0.15) is 13.9 Å². The van der Waals surface area contributed by atoms with E-state index in [0.29, 0.717) is 0 Å². The lowest BCUT2D eigenvalue weighted by atomic mass is 10.2. The topological polar surface area (TPSA) is 39.1 Å². The summed E-state index contributed by atoms with van der Waals surface area (Å²) in [6, 6.07) is -0.367. The Bertz CT molecular complexity index is 398. The molecule has 8 heteroatoms. The van der Waals surface area contributed by atoms with Gasteiger partial charge in [0.15, 0.2) is 0 Å². The lowest BCUT2D eigenvalue weighted by Crippen LogP contribution is -2.34. The van der Waals surface area contributed by atoms with Crippen LogP contribution in [0.1, 0.15) is 24.9 Å². The maximum absolute atomic E-state index is 12.7. The fraction of sp³-hybridized carbons (Fsp3) is 0.750. The molecule has 1 aromatic rings. The Labute approximate surface area is 115 Å². The van der Waals surface area contributed by atoms with Gasteiger partial charge in [-0.25, -0.2) is 8.78 Å². The summed E-state index contributed by atoms with van der Waals surface area (Å²) in [4.78, 5) is 0. The molecule has 0 aliphatic rings. The lowest BCUT2D eigenvalue weighted by molar-refractivity contribution is -0.167. The van der Waals surface area contributed by atoms with E-state index in [0.717, 1.165) is 18.5 Å². The Balaban J connectivity index is 2.50. The van der Waals surface area contributed by atoms with Gasteiger partial charge in [-0.15, -0.1) is 0 Å². The van der Waals surface area contributed by atoms with Crippen LogP contribution in [0.4, 0.5) is 17.6 Å². The Hall–Kier alpha value is -1.15. The van der Waals surface area contributed by atoms with Gasteiger partial charge in [0, 0.05) is 18.3 Å². The highest BCUT2D eigenvalue weighted by Gasteiger charge is 2.41. The summed E-state index contributed by atoms with van der Waals surface area (Å²) in [5.74, 6) is -4.12. The molecule has 0 amide bonds. The molecule has 0 fully saturated rings. The van der Waals surface area contributed by atoms with E-state index in [-0.39, 0.29) is 12.6 Å². The van der Waals surface area contributed by atoms with Crippen LogP contribution in [0.15, 0.2) is 12.4 Å². The van der Waals surface area contributed by atoms with E-state index in [4.69, 9.17) is 4.74 Å². The van der Waals surface area contributed by atoms with Crippen molar-refractivity contribution in [3.05, 3.63) is 18.0 Å². The second-order valence-corrected chi connectivity index (χ2v) is 4.45. The fourth-order valence-corrected chi connectivity index (χ4v) is 1.63. The summed E-state index contributed by atoms with van der Waals surface area (Å²) in [5, 5.41) is 6.99. The molecule has 0 radical (unpaired) electrons. The van der Waals surface area contributed by atoms with Crippen molar-refractivity contribution in [2.45, 2.75) is 38.3 Å². The summed E-state index contributed by atoms with van der Waals surface area (Å²) in [5.41, 5.74) is 0.765. The average Bonchev–Trinajstić information content (AvgIpc) is 2.83. The molecule has 4 nitrogen and oxygen atoms in total. The first-order valence-electron chi connectivity index (χ1n) is 6.34. The minimum absolute atomic E-state index is 0.128. The zero-order valence-electron chi connectivity index (χ0n) is 11.5. The number of aromatic nitrogens is 2. The lowest BCUT2D eigenvalue weighted by Gasteiger charge is -2.18. The molecule has 1 rings (SSSR count). The van der Waals surface area contributed by atoms with Crippen LogP contribution in [-0.4, -0.2) is 42.4 Å². The van der Waals surface area contributed by atoms with Crippen LogP contribution in [0.25, 0.3) is 0 Å². The molecule has 0 aliphatic heterocycles. The number of nitrogens with zero attached hydrogens (tertiary/aromatic N) is 2. The Morgan fingerprint density at radius 3 is 2.70 bits per heavy atom. The predicted molar refractivity (Wildman–Crippen MR) is 66.1 cm³/mol. The van der Waals surface area contributed by atoms with Crippen LogP contribution in [0.3, 0.4) is 0 Å². The molecule has 1 unspecified atom stereocenters. The second kappa shape index (κ2) is 7.58. The predicted octanol–water partition coefficient (Wildman–Crippen LogP) is 2.47.